The van der Waals surface area contributed by atoms with Crippen molar-refractivity contribution in [3.63, 3.8) is 0 Å². The molecule has 2 nitrogen and oxygen atoms in total. The monoisotopic (exact) mass is 327 g/mol. The molecule has 1 atom stereocenters. The summed E-state index contributed by atoms with van der Waals surface area (Å²) in [4.78, 5) is 14.1. The standard InChI is InChI=1S/C23H21NO/c1-16-7-6-8-18(13-16)19-11-12-21(17(2)14-19)22-15-23(25)24(22)20-9-4-3-5-10-20/h3-14,22H,15H2,1-2H3. The molecular formula is C23H21NO. The number of amides is 1. The van der Waals surface area contributed by atoms with E-state index in [1.807, 2.05) is 35.2 Å². The summed E-state index contributed by atoms with van der Waals surface area (Å²) in [6, 6.07) is 25.2. The molecule has 0 aliphatic carbocycles. The van der Waals surface area contributed by atoms with E-state index < -0.39 is 0 Å². The van der Waals surface area contributed by atoms with Crippen LogP contribution in [0.25, 0.3) is 11.1 Å². The van der Waals surface area contributed by atoms with E-state index in [-0.39, 0.29) is 11.9 Å². The lowest BCUT2D eigenvalue weighted by Crippen LogP contribution is -2.46. The van der Waals surface area contributed by atoms with E-state index in [1.165, 1.54) is 27.8 Å². The molecule has 25 heavy (non-hydrogen) atoms. The average Bonchev–Trinajstić information content (AvgIpc) is 2.61. The maximum absolute atomic E-state index is 12.2. The van der Waals surface area contributed by atoms with Gasteiger partial charge >= 0.3 is 0 Å². The molecule has 2 heteroatoms. The molecule has 1 fully saturated rings. The summed E-state index contributed by atoms with van der Waals surface area (Å²) in [5.41, 5.74) is 7.17. The van der Waals surface area contributed by atoms with Crippen molar-refractivity contribution >= 4 is 11.6 Å². The summed E-state index contributed by atoms with van der Waals surface area (Å²) in [6.07, 6.45) is 0.583. The van der Waals surface area contributed by atoms with Gasteiger partial charge in [-0.05, 0) is 48.2 Å². The Bertz CT molecular complexity index is 930. The second-order valence-corrected chi connectivity index (χ2v) is 6.76. The van der Waals surface area contributed by atoms with E-state index in [0.29, 0.717) is 6.42 Å². The molecule has 0 bridgehead atoms. The van der Waals surface area contributed by atoms with Crippen molar-refractivity contribution in [1.29, 1.82) is 0 Å². The number of benzene rings is 3. The number of β-lactam (4-membered cyclic amide) rings is 1. The van der Waals surface area contributed by atoms with Crippen molar-refractivity contribution in [2.24, 2.45) is 0 Å². The lowest BCUT2D eigenvalue weighted by atomic mass is 9.88. The van der Waals surface area contributed by atoms with Crippen molar-refractivity contribution in [3.05, 3.63) is 89.5 Å². The zero-order valence-electron chi connectivity index (χ0n) is 14.6. The van der Waals surface area contributed by atoms with Gasteiger partial charge < -0.3 is 4.90 Å². The van der Waals surface area contributed by atoms with Crippen LogP contribution in [0.5, 0.6) is 0 Å². The van der Waals surface area contributed by atoms with E-state index in [2.05, 4.69) is 56.3 Å². The molecule has 1 amide bonds. The summed E-state index contributed by atoms with van der Waals surface area (Å²) < 4.78 is 0. The first-order valence-corrected chi connectivity index (χ1v) is 8.68. The Morgan fingerprint density at radius 3 is 2.28 bits per heavy atom. The zero-order chi connectivity index (χ0) is 17.4. The number of rotatable bonds is 3. The van der Waals surface area contributed by atoms with Crippen LogP contribution in [0.4, 0.5) is 5.69 Å². The minimum atomic E-state index is 0.140. The van der Waals surface area contributed by atoms with Crippen LogP contribution in [0.2, 0.25) is 0 Å². The number of anilines is 1. The van der Waals surface area contributed by atoms with Crippen LogP contribution in [0, 0.1) is 13.8 Å². The number of carbonyl (C=O) groups is 1. The molecule has 1 aliphatic rings. The topological polar surface area (TPSA) is 20.3 Å². The molecule has 1 heterocycles. The number of nitrogens with zero attached hydrogens (tertiary/aromatic N) is 1. The second kappa shape index (κ2) is 6.21. The normalized spacial score (nSPS) is 16.6. The third-order valence-corrected chi connectivity index (χ3v) is 4.96. The molecule has 1 saturated heterocycles. The number of hydrogen-bond donors (Lipinski definition) is 0. The molecule has 3 aromatic rings. The van der Waals surface area contributed by atoms with Gasteiger partial charge in [-0.3, -0.25) is 4.79 Å². The molecule has 1 aliphatic heterocycles. The number of hydrogen-bond acceptors (Lipinski definition) is 1. The zero-order valence-corrected chi connectivity index (χ0v) is 14.6. The second-order valence-electron chi connectivity index (χ2n) is 6.76. The van der Waals surface area contributed by atoms with Gasteiger partial charge in [0.25, 0.3) is 0 Å². The summed E-state index contributed by atoms with van der Waals surface area (Å²) >= 11 is 0. The van der Waals surface area contributed by atoms with Gasteiger partial charge in [-0.25, -0.2) is 0 Å². The van der Waals surface area contributed by atoms with Crippen molar-refractivity contribution in [1.82, 2.24) is 0 Å². The minimum absolute atomic E-state index is 0.140. The number of carbonyl (C=O) groups excluding carboxylic acids is 1. The van der Waals surface area contributed by atoms with Gasteiger partial charge in [0.2, 0.25) is 5.91 Å². The van der Waals surface area contributed by atoms with E-state index in [0.717, 1.165) is 5.69 Å². The lowest BCUT2D eigenvalue weighted by Gasteiger charge is -2.41. The van der Waals surface area contributed by atoms with Crippen molar-refractivity contribution in [2.75, 3.05) is 4.90 Å². The van der Waals surface area contributed by atoms with Gasteiger partial charge in [0.05, 0.1) is 12.5 Å². The van der Waals surface area contributed by atoms with Crippen LogP contribution in [-0.4, -0.2) is 5.91 Å². The summed E-state index contributed by atoms with van der Waals surface area (Å²) in [6.45, 7) is 4.25. The highest BCUT2D eigenvalue weighted by Gasteiger charge is 2.38. The molecule has 0 radical (unpaired) electrons. The predicted octanol–water partition coefficient (Wildman–Crippen LogP) is 5.45. The Labute approximate surface area is 148 Å². The van der Waals surface area contributed by atoms with Crippen molar-refractivity contribution < 1.29 is 4.79 Å². The predicted molar refractivity (Wildman–Crippen MR) is 103 cm³/mol. The van der Waals surface area contributed by atoms with Crippen LogP contribution in [0.15, 0.2) is 72.8 Å². The minimum Gasteiger partial charge on any atom is -0.304 e. The smallest absolute Gasteiger partial charge is 0.230 e. The van der Waals surface area contributed by atoms with Crippen molar-refractivity contribution in [3.8, 4) is 11.1 Å². The molecule has 3 aromatic carbocycles. The van der Waals surface area contributed by atoms with Gasteiger partial charge in [-0.15, -0.1) is 0 Å². The Hall–Kier alpha value is -2.87. The van der Waals surface area contributed by atoms with E-state index >= 15 is 0 Å². The van der Waals surface area contributed by atoms with E-state index in [9.17, 15) is 4.79 Å². The van der Waals surface area contributed by atoms with Crippen molar-refractivity contribution in [2.45, 2.75) is 26.3 Å². The molecule has 0 aromatic heterocycles. The Morgan fingerprint density at radius 1 is 0.840 bits per heavy atom. The molecule has 0 spiro atoms. The highest BCUT2D eigenvalue weighted by atomic mass is 16.2. The molecule has 1 unspecified atom stereocenters. The van der Waals surface area contributed by atoms with Crippen LogP contribution in [0.1, 0.15) is 29.2 Å². The summed E-state index contributed by atoms with van der Waals surface area (Å²) in [5.74, 6) is 0.193. The van der Waals surface area contributed by atoms with E-state index in [4.69, 9.17) is 0 Å². The van der Waals surface area contributed by atoms with Crippen LogP contribution >= 0.6 is 0 Å². The average molecular weight is 327 g/mol. The first-order valence-electron chi connectivity index (χ1n) is 8.68. The molecule has 124 valence electrons. The Balaban J connectivity index is 1.66. The highest BCUT2D eigenvalue weighted by Crippen LogP contribution is 2.40. The first-order chi connectivity index (χ1) is 12.1. The maximum Gasteiger partial charge on any atom is 0.230 e. The fourth-order valence-corrected chi connectivity index (χ4v) is 3.63. The summed E-state index contributed by atoms with van der Waals surface area (Å²) in [5, 5.41) is 0. The molecule has 0 N–H and O–H groups in total. The fraction of sp³-hybridized carbons (Fsp3) is 0.174. The largest absolute Gasteiger partial charge is 0.304 e. The van der Waals surface area contributed by atoms with Gasteiger partial charge in [0.15, 0.2) is 0 Å². The molecular weight excluding hydrogens is 306 g/mol. The quantitative estimate of drug-likeness (QED) is 0.586. The van der Waals surface area contributed by atoms with Gasteiger partial charge in [0.1, 0.15) is 0 Å². The Kier molecular flexibility index (Phi) is 3.89. The van der Waals surface area contributed by atoms with Gasteiger partial charge in [0, 0.05) is 5.69 Å². The lowest BCUT2D eigenvalue weighted by molar-refractivity contribution is -0.124. The maximum atomic E-state index is 12.2. The van der Waals surface area contributed by atoms with Crippen LogP contribution in [0.3, 0.4) is 0 Å². The number of para-hydroxylation sites is 1. The van der Waals surface area contributed by atoms with Gasteiger partial charge in [-0.2, -0.15) is 0 Å². The number of aryl methyl sites for hydroxylation is 2. The third kappa shape index (κ3) is 2.85. The fourth-order valence-electron chi connectivity index (χ4n) is 3.63. The van der Waals surface area contributed by atoms with E-state index in [1.54, 1.807) is 0 Å². The first kappa shape index (κ1) is 15.6. The van der Waals surface area contributed by atoms with Gasteiger partial charge in [-0.1, -0.05) is 66.2 Å². The Morgan fingerprint density at radius 2 is 1.60 bits per heavy atom. The van der Waals surface area contributed by atoms with Crippen LogP contribution in [-0.2, 0) is 4.79 Å². The highest BCUT2D eigenvalue weighted by molar-refractivity contribution is 6.01. The van der Waals surface area contributed by atoms with Crippen LogP contribution < -0.4 is 4.90 Å². The SMILES string of the molecule is Cc1cccc(-c2ccc(C3CC(=O)N3c3ccccc3)c(C)c2)c1. The summed E-state index contributed by atoms with van der Waals surface area (Å²) in [7, 11) is 0. The third-order valence-electron chi connectivity index (χ3n) is 4.96. The molecule has 0 saturated carbocycles. The molecule has 4 rings (SSSR count).